The van der Waals surface area contributed by atoms with Gasteiger partial charge in [0.25, 0.3) is 11.8 Å². The fourth-order valence-electron chi connectivity index (χ4n) is 11.3. The van der Waals surface area contributed by atoms with E-state index in [1.165, 1.54) is 16.2 Å². The van der Waals surface area contributed by atoms with Crippen molar-refractivity contribution in [1.82, 2.24) is 30.5 Å². The molecule has 2 fully saturated rings. The molecule has 10 rings (SSSR count). The number of halogens is 1. The topological polar surface area (TPSA) is 216 Å². The number of β-amino-alcohol motifs (C(OH)–C–C–N with tert-alkyl or cyclic N) is 1. The summed E-state index contributed by atoms with van der Waals surface area (Å²) in [7, 11) is 0. The maximum absolute atomic E-state index is 15.1. The van der Waals surface area contributed by atoms with E-state index in [4.69, 9.17) is 9.72 Å². The Bertz CT molecular complexity index is 3540. The molecule has 1 aliphatic carbocycles. The van der Waals surface area contributed by atoms with Gasteiger partial charge in [0.15, 0.2) is 16.5 Å². The number of hydrogen-bond donors (Lipinski definition) is 5. The number of fused-ring (bicyclic) bond motifs is 2. The molecule has 0 radical (unpaired) electrons. The summed E-state index contributed by atoms with van der Waals surface area (Å²) >= 11 is 4.53. The second kappa shape index (κ2) is 27.0. The van der Waals surface area contributed by atoms with Gasteiger partial charge in [0.05, 0.1) is 39.0 Å². The molecule has 85 heavy (non-hydrogen) atoms. The zero-order valence-corrected chi connectivity index (χ0v) is 50.9. The summed E-state index contributed by atoms with van der Waals surface area (Å²) in [5.74, 6) is -1.20. The third-order valence-corrected chi connectivity index (χ3v) is 19.8. The van der Waals surface area contributed by atoms with Gasteiger partial charge in [-0.3, -0.25) is 24.5 Å². The minimum atomic E-state index is -2.00. The monoisotopic (exact) mass is 1210 g/mol. The number of aromatic nitrogens is 3. The second-order valence-corrected chi connectivity index (χ2v) is 26.6. The van der Waals surface area contributed by atoms with Crippen LogP contribution >= 0.6 is 34.4 Å². The third kappa shape index (κ3) is 14.5. The number of alkyl halides is 1. The van der Waals surface area contributed by atoms with Gasteiger partial charge in [-0.2, -0.15) is 11.8 Å². The molecule has 0 spiro atoms. The van der Waals surface area contributed by atoms with E-state index in [0.29, 0.717) is 59.7 Å². The lowest BCUT2D eigenvalue weighted by Crippen LogP contribution is -2.61. The van der Waals surface area contributed by atoms with Gasteiger partial charge in [-0.1, -0.05) is 111 Å². The number of likely N-dealkylation sites (tertiary alicyclic amines) is 1. The Kier molecular flexibility index (Phi) is 19.3. The number of pyridine rings is 1. The number of aliphatic hydroxyl groups is 1. The number of rotatable bonds is 26. The van der Waals surface area contributed by atoms with Gasteiger partial charge in [0.1, 0.15) is 23.7 Å². The van der Waals surface area contributed by atoms with E-state index in [1.54, 1.807) is 23.1 Å². The molecule has 5 N–H and O–H groups in total. The number of nitrogens with zero attached hydrogens (tertiary/aromatic N) is 5. The number of thiazole rings is 2. The van der Waals surface area contributed by atoms with Crippen molar-refractivity contribution < 1.29 is 43.3 Å². The van der Waals surface area contributed by atoms with Crippen molar-refractivity contribution >= 4 is 85.2 Å². The van der Waals surface area contributed by atoms with E-state index in [-0.39, 0.29) is 44.0 Å². The van der Waals surface area contributed by atoms with Crippen LogP contribution < -0.4 is 25.6 Å². The number of aryl methyl sites for hydroxylation is 1. The average molecular weight is 1210 g/mol. The van der Waals surface area contributed by atoms with Crippen molar-refractivity contribution in [2.45, 2.75) is 146 Å². The van der Waals surface area contributed by atoms with Crippen LogP contribution in [0.25, 0.3) is 31.8 Å². The number of carbonyl (C=O) groups is 5. The highest BCUT2D eigenvalue weighted by Gasteiger charge is 2.54. The minimum absolute atomic E-state index is 0.0524. The zero-order chi connectivity index (χ0) is 59.8. The molecule has 3 aliphatic rings. The van der Waals surface area contributed by atoms with Crippen LogP contribution in [0.1, 0.15) is 133 Å². The van der Waals surface area contributed by atoms with E-state index in [2.05, 4.69) is 25.9 Å². The Balaban J connectivity index is 0.655. The molecule has 4 aromatic carbocycles. The number of anilines is 2. The van der Waals surface area contributed by atoms with E-state index in [0.717, 1.165) is 106 Å². The fraction of sp³-hybridized carbons (Fsp3) is 0.415. The van der Waals surface area contributed by atoms with Crippen LogP contribution in [0.2, 0.25) is 0 Å². The van der Waals surface area contributed by atoms with Crippen molar-refractivity contribution in [2.75, 3.05) is 35.7 Å². The molecule has 3 atom stereocenters. The van der Waals surface area contributed by atoms with Gasteiger partial charge in [0, 0.05) is 48.5 Å². The van der Waals surface area contributed by atoms with Gasteiger partial charge in [-0.05, 0) is 135 Å². The SMILES string of the molecule is Cc1ncsc1-c1ccc(CNC(=O)[C@@H]2C[C@@H](O)CN2C(=O)[C@@H](NC(=O)C2(F)CC2)C(C)(C)SCCCCCCCCCCOc2cccc(-c3ccc(N4CCc5cccc(C(=O)Nc6nc7ccccc7s6)c5C4)nc3C(=O)O)c2C)cc1. The summed E-state index contributed by atoms with van der Waals surface area (Å²) < 4.78 is 21.5. The Hall–Kier alpha value is -7.26. The van der Waals surface area contributed by atoms with Crippen LogP contribution in [0, 0.1) is 13.8 Å². The fourth-order valence-corrected chi connectivity index (χ4v) is 14.1. The summed E-state index contributed by atoms with van der Waals surface area (Å²) in [5, 5.41) is 30.5. The van der Waals surface area contributed by atoms with Gasteiger partial charge < -0.3 is 35.4 Å². The summed E-state index contributed by atoms with van der Waals surface area (Å²) in [6.45, 7) is 9.30. The number of thioether (sulfide) groups is 1. The van der Waals surface area contributed by atoms with Gasteiger partial charge >= 0.3 is 5.97 Å². The van der Waals surface area contributed by atoms with Gasteiger partial charge in [-0.15, -0.1) is 11.3 Å². The first-order chi connectivity index (χ1) is 41.0. The number of ether oxygens (including phenoxy) is 1. The van der Waals surface area contributed by atoms with Crippen LogP contribution in [0.4, 0.5) is 15.3 Å². The predicted molar refractivity (Wildman–Crippen MR) is 334 cm³/mol. The van der Waals surface area contributed by atoms with Crippen LogP contribution in [-0.4, -0.2) is 114 Å². The smallest absolute Gasteiger partial charge is 0.355 e. The Morgan fingerprint density at radius 1 is 0.871 bits per heavy atom. The molecular formula is C65H73FN8O8S3. The van der Waals surface area contributed by atoms with Gasteiger partial charge in [-0.25, -0.2) is 24.1 Å². The highest BCUT2D eigenvalue weighted by Crippen LogP contribution is 2.42. The summed E-state index contributed by atoms with van der Waals surface area (Å²) in [6.07, 6.45) is 7.94. The largest absolute Gasteiger partial charge is 0.493 e. The Labute approximate surface area is 507 Å². The molecule has 446 valence electrons. The van der Waals surface area contributed by atoms with E-state index in [1.807, 2.05) is 135 Å². The maximum Gasteiger partial charge on any atom is 0.355 e. The first-order valence-corrected chi connectivity index (χ1v) is 32.0. The van der Waals surface area contributed by atoms with Crippen LogP contribution in [0.3, 0.4) is 0 Å². The summed E-state index contributed by atoms with van der Waals surface area (Å²) in [6, 6.07) is 28.6. The summed E-state index contributed by atoms with van der Waals surface area (Å²) in [4.78, 5) is 85.9. The number of benzene rings is 4. The molecule has 0 unspecified atom stereocenters. The van der Waals surface area contributed by atoms with Crippen molar-refractivity contribution in [3.63, 3.8) is 0 Å². The first-order valence-electron chi connectivity index (χ1n) is 29.4. The lowest BCUT2D eigenvalue weighted by atomic mass is 9.94. The standard InChI is InChI=1S/C65H73FN8O8S3/c1-40-46(47-27-28-54(70-55(47)61(79)80)73-32-29-43-17-15-19-48(49(43)38-73)58(76)72-63-69-50-20-11-12-22-53(50)85-63)18-16-21-52(40)82-33-13-9-7-5-6-8-10-14-34-84-64(3,4)57(71-62(81)65(66)30-31-65)60(78)74-37-45(75)35-51(74)59(77)67-36-42-23-25-44(26-24-42)56-41(2)68-39-83-56/h11-12,15-28,39,45,51,57,75H,5-10,13-14,29-38H2,1-4H3,(H,67,77)(H,71,81)(H,79,80)(H,69,72,76)/t45-,51+,57-/m1/s1. The number of hydrogen-bond acceptors (Lipinski definition) is 14. The highest BCUT2D eigenvalue weighted by molar-refractivity contribution is 8.00. The first kappa shape index (κ1) is 60.8. The number of para-hydroxylation sites is 1. The minimum Gasteiger partial charge on any atom is -0.493 e. The number of carbonyl (C=O) groups excluding carboxylic acids is 4. The molecule has 1 saturated heterocycles. The molecule has 16 nitrogen and oxygen atoms in total. The Morgan fingerprint density at radius 3 is 2.34 bits per heavy atom. The van der Waals surface area contributed by atoms with Gasteiger partial charge in [0.2, 0.25) is 11.8 Å². The number of aliphatic hydroxyl groups excluding tert-OH is 1. The third-order valence-electron chi connectivity index (χ3n) is 16.4. The average Bonchev–Trinajstić information content (AvgIpc) is 3.81. The predicted octanol–water partition coefficient (Wildman–Crippen LogP) is 11.9. The quantitative estimate of drug-likeness (QED) is 0.0319. The normalized spacial score (nSPS) is 16.6. The molecule has 0 bridgehead atoms. The van der Waals surface area contributed by atoms with Crippen LogP contribution in [-0.2, 0) is 33.9 Å². The van der Waals surface area contributed by atoms with Crippen LogP contribution in [0.15, 0.2) is 103 Å². The molecule has 2 aliphatic heterocycles. The molecule has 7 aromatic rings. The molecule has 5 heterocycles. The highest BCUT2D eigenvalue weighted by atomic mass is 32.2. The lowest BCUT2D eigenvalue weighted by Gasteiger charge is -2.37. The number of unbranched alkanes of at least 4 members (excludes halogenated alkanes) is 7. The molecule has 1 saturated carbocycles. The number of aromatic carboxylic acids is 1. The van der Waals surface area contributed by atoms with Crippen molar-refractivity contribution in [3.8, 4) is 27.3 Å². The molecule has 3 aromatic heterocycles. The number of nitrogens with one attached hydrogen (secondary N) is 3. The molecule has 4 amide bonds. The van der Waals surface area contributed by atoms with E-state index < -0.39 is 52.3 Å². The van der Waals surface area contributed by atoms with Crippen molar-refractivity contribution in [2.24, 2.45) is 0 Å². The Morgan fingerprint density at radius 2 is 1.61 bits per heavy atom. The van der Waals surface area contributed by atoms with Crippen molar-refractivity contribution in [1.29, 1.82) is 0 Å². The van der Waals surface area contributed by atoms with E-state index >= 15 is 4.39 Å². The zero-order valence-electron chi connectivity index (χ0n) is 48.5. The second-order valence-electron chi connectivity index (χ2n) is 22.9. The van der Waals surface area contributed by atoms with E-state index in [9.17, 15) is 34.2 Å². The maximum atomic E-state index is 15.1. The number of amides is 4. The molecule has 20 heteroatoms. The summed E-state index contributed by atoms with van der Waals surface area (Å²) in [5.41, 5.74) is 7.96. The number of carboxylic acids is 1. The number of carboxylic acid groups (broad SMARTS) is 1. The van der Waals surface area contributed by atoms with Crippen LogP contribution in [0.5, 0.6) is 5.75 Å². The van der Waals surface area contributed by atoms with Crippen molar-refractivity contribution in [3.05, 3.63) is 142 Å². The lowest BCUT2D eigenvalue weighted by molar-refractivity contribution is -0.143. The molecular weight excluding hydrogens is 1140 g/mol.